The molecule has 0 radical (unpaired) electrons. The summed E-state index contributed by atoms with van der Waals surface area (Å²) in [7, 11) is 3.73. The molecule has 1 saturated carbocycles. The minimum absolute atomic E-state index is 0.0699. The quantitative estimate of drug-likeness (QED) is 0.907. The SMILES string of the molecule is CNCCN(C)C(=O)C1CC1c1ccc(Cl)cc1Cl. The molecule has 1 aliphatic rings. The summed E-state index contributed by atoms with van der Waals surface area (Å²) in [6.07, 6.45) is 0.879. The van der Waals surface area contributed by atoms with Crippen LogP contribution in [0.25, 0.3) is 0 Å². The number of carbonyl (C=O) groups is 1. The number of rotatable bonds is 5. The summed E-state index contributed by atoms with van der Waals surface area (Å²) in [4.78, 5) is 14.0. The van der Waals surface area contributed by atoms with E-state index in [9.17, 15) is 4.79 Å². The van der Waals surface area contributed by atoms with Gasteiger partial charge in [0.25, 0.3) is 0 Å². The van der Waals surface area contributed by atoms with Crippen molar-refractivity contribution in [3.05, 3.63) is 33.8 Å². The number of nitrogens with one attached hydrogen (secondary N) is 1. The predicted molar refractivity (Wildman–Crippen MR) is 78.9 cm³/mol. The zero-order valence-corrected chi connectivity index (χ0v) is 12.6. The fraction of sp³-hybridized carbons (Fsp3) is 0.500. The summed E-state index contributed by atoms with van der Waals surface area (Å²) in [6, 6.07) is 5.49. The molecule has 1 N–H and O–H groups in total. The van der Waals surface area contributed by atoms with Crippen molar-refractivity contribution in [3.8, 4) is 0 Å². The van der Waals surface area contributed by atoms with Crippen molar-refractivity contribution in [3.63, 3.8) is 0 Å². The van der Waals surface area contributed by atoms with Crippen molar-refractivity contribution in [2.24, 2.45) is 5.92 Å². The third kappa shape index (κ3) is 3.41. The average Bonchev–Trinajstić information content (AvgIpc) is 3.15. The highest BCUT2D eigenvalue weighted by Gasteiger charge is 2.45. The molecule has 2 unspecified atom stereocenters. The Hall–Kier alpha value is -0.770. The topological polar surface area (TPSA) is 32.3 Å². The van der Waals surface area contributed by atoms with E-state index in [2.05, 4.69) is 5.32 Å². The Morgan fingerprint density at radius 1 is 1.47 bits per heavy atom. The molecule has 0 aliphatic heterocycles. The fourth-order valence-corrected chi connectivity index (χ4v) is 2.84. The number of hydrogen-bond donors (Lipinski definition) is 1. The van der Waals surface area contributed by atoms with Crippen molar-refractivity contribution in [2.75, 3.05) is 27.2 Å². The molecule has 2 rings (SSSR count). The molecule has 5 heteroatoms. The number of likely N-dealkylation sites (N-methyl/N-ethyl adjacent to an activating group) is 2. The van der Waals surface area contributed by atoms with Crippen LogP contribution in [0.5, 0.6) is 0 Å². The summed E-state index contributed by atoms with van der Waals surface area (Å²) in [5.41, 5.74) is 1.03. The van der Waals surface area contributed by atoms with E-state index in [-0.39, 0.29) is 17.7 Å². The molecule has 0 saturated heterocycles. The van der Waals surface area contributed by atoms with Gasteiger partial charge in [0.05, 0.1) is 0 Å². The number of carbonyl (C=O) groups excluding carboxylic acids is 1. The van der Waals surface area contributed by atoms with Gasteiger partial charge in [-0.1, -0.05) is 29.3 Å². The van der Waals surface area contributed by atoms with E-state index >= 15 is 0 Å². The van der Waals surface area contributed by atoms with Crippen LogP contribution >= 0.6 is 23.2 Å². The molecule has 1 aliphatic carbocycles. The highest BCUT2D eigenvalue weighted by molar-refractivity contribution is 6.35. The van der Waals surface area contributed by atoms with Gasteiger partial charge in [0.2, 0.25) is 5.91 Å². The number of nitrogens with zero attached hydrogens (tertiary/aromatic N) is 1. The lowest BCUT2D eigenvalue weighted by molar-refractivity contribution is -0.131. The molecule has 3 nitrogen and oxygen atoms in total. The molecule has 1 aromatic carbocycles. The maximum atomic E-state index is 12.2. The predicted octanol–water partition coefficient (Wildman–Crippen LogP) is 2.77. The van der Waals surface area contributed by atoms with Gasteiger partial charge in [-0.15, -0.1) is 0 Å². The molecule has 2 atom stereocenters. The Morgan fingerprint density at radius 3 is 2.84 bits per heavy atom. The van der Waals surface area contributed by atoms with Gasteiger partial charge in [-0.25, -0.2) is 0 Å². The normalized spacial score (nSPS) is 21.3. The molecular weight excluding hydrogens is 283 g/mol. The van der Waals surface area contributed by atoms with Crippen LogP contribution < -0.4 is 5.32 Å². The number of halogens is 2. The molecule has 0 spiro atoms. The van der Waals surface area contributed by atoms with Gasteiger partial charge in [0.15, 0.2) is 0 Å². The average molecular weight is 301 g/mol. The van der Waals surface area contributed by atoms with E-state index in [1.165, 1.54) is 0 Å². The summed E-state index contributed by atoms with van der Waals surface area (Å²) in [5.74, 6) is 0.515. The van der Waals surface area contributed by atoms with Gasteiger partial charge in [-0.2, -0.15) is 0 Å². The van der Waals surface area contributed by atoms with Gasteiger partial charge in [0, 0.05) is 36.1 Å². The first-order chi connectivity index (χ1) is 9.04. The van der Waals surface area contributed by atoms with Crippen LogP contribution in [0.3, 0.4) is 0 Å². The Labute approximate surface area is 123 Å². The molecule has 0 bridgehead atoms. The number of hydrogen-bond acceptors (Lipinski definition) is 2. The minimum atomic E-state index is 0.0699. The minimum Gasteiger partial charge on any atom is -0.344 e. The van der Waals surface area contributed by atoms with Gasteiger partial charge in [0.1, 0.15) is 0 Å². The molecular formula is C14H18Cl2N2O. The van der Waals surface area contributed by atoms with Crippen LogP contribution in [0.1, 0.15) is 17.9 Å². The molecule has 19 heavy (non-hydrogen) atoms. The second kappa shape index (κ2) is 6.12. The lowest BCUT2D eigenvalue weighted by atomic mass is 10.1. The van der Waals surface area contributed by atoms with Crippen LogP contribution in [0.15, 0.2) is 18.2 Å². The zero-order chi connectivity index (χ0) is 14.0. The van der Waals surface area contributed by atoms with Crippen LogP contribution in [0, 0.1) is 5.92 Å². The van der Waals surface area contributed by atoms with Gasteiger partial charge < -0.3 is 10.2 Å². The van der Waals surface area contributed by atoms with Crippen molar-refractivity contribution in [2.45, 2.75) is 12.3 Å². The molecule has 1 fully saturated rings. The van der Waals surface area contributed by atoms with Crippen molar-refractivity contribution < 1.29 is 4.79 Å². The third-order valence-corrected chi connectivity index (χ3v) is 4.11. The van der Waals surface area contributed by atoms with E-state index in [0.717, 1.165) is 25.1 Å². The van der Waals surface area contributed by atoms with E-state index in [4.69, 9.17) is 23.2 Å². The van der Waals surface area contributed by atoms with E-state index in [1.807, 2.05) is 26.2 Å². The van der Waals surface area contributed by atoms with Crippen LogP contribution in [0.4, 0.5) is 0 Å². The Bertz CT molecular complexity index is 479. The summed E-state index contributed by atoms with van der Waals surface area (Å²) >= 11 is 12.1. The van der Waals surface area contributed by atoms with Crippen molar-refractivity contribution in [1.82, 2.24) is 10.2 Å². The Morgan fingerprint density at radius 2 is 2.21 bits per heavy atom. The lowest BCUT2D eigenvalue weighted by Gasteiger charge is -2.17. The highest BCUT2D eigenvalue weighted by Crippen LogP contribution is 2.50. The van der Waals surface area contributed by atoms with Crippen LogP contribution in [-0.2, 0) is 4.79 Å². The maximum Gasteiger partial charge on any atom is 0.226 e. The Balaban J connectivity index is 1.98. The monoisotopic (exact) mass is 300 g/mol. The summed E-state index contributed by atoms with van der Waals surface area (Å²) < 4.78 is 0. The first-order valence-electron chi connectivity index (χ1n) is 6.39. The van der Waals surface area contributed by atoms with Gasteiger partial charge in [-0.05, 0) is 37.1 Å². The number of benzene rings is 1. The molecule has 1 aromatic rings. The van der Waals surface area contributed by atoms with Gasteiger partial charge in [-0.3, -0.25) is 4.79 Å². The van der Waals surface area contributed by atoms with E-state index < -0.39 is 0 Å². The molecule has 0 aromatic heterocycles. The summed E-state index contributed by atoms with van der Waals surface area (Å²) in [6.45, 7) is 1.54. The van der Waals surface area contributed by atoms with Crippen LogP contribution in [-0.4, -0.2) is 38.0 Å². The largest absolute Gasteiger partial charge is 0.344 e. The molecule has 0 heterocycles. The van der Waals surface area contributed by atoms with E-state index in [1.54, 1.807) is 11.0 Å². The van der Waals surface area contributed by atoms with Gasteiger partial charge >= 0.3 is 0 Å². The zero-order valence-electron chi connectivity index (χ0n) is 11.1. The first kappa shape index (κ1) is 14.6. The first-order valence-corrected chi connectivity index (χ1v) is 7.14. The standard InChI is InChI=1S/C14H18Cl2N2O/c1-17-5-6-18(2)14(19)12-8-11(12)10-4-3-9(15)7-13(10)16/h3-4,7,11-12,17H,5-6,8H2,1-2H3. The summed E-state index contributed by atoms with van der Waals surface area (Å²) in [5, 5.41) is 4.33. The van der Waals surface area contributed by atoms with Crippen molar-refractivity contribution >= 4 is 29.1 Å². The number of amides is 1. The van der Waals surface area contributed by atoms with E-state index in [0.29, 0.717) is 10.0 Å². The lowest BCUT2D eigenvalue weighted by Crippen LogP contribution is -2.34. The molecule has 1 amide bonds. The van der Waals surface area contributed by atoms with Crippen molar-refractivity contribution in [1.29, 1.82) is 0 Å². The third-order valence-electron chi connectivity index (χ3n) is 3.54. The maximum absolute atomic E-state index is 12.2. The fourth-order valence-electron chi connectivity index (χ4n) is 2.29. The highest BCUT2D eigenvalue weighted by atomic mass is 35.5. The second-order valence-electron chi connectivity index (χ2n) is 4.98. The second-order valence-corrected chi connectivity index (χ2v) is 5.82. The van der Waals surface area contributed by atoms with Crippen LogP contribution in [0.2, 0.25) is 10.0 Å². The smallest absolute Gasteiger partial charge is 0.226 e. The Kier molecular flexibility index (Phi) is 4.71. The molecule has 104 valence electrons.